The minimum Gasteiger partial charge on any atom is -0.288 e. The second kappa shape index (κ2) is 5.47. The molecule has 23 heavy (non-hydrogen) atoms. The van der Waals surface area contributed by atoms with Gasteiger partial charge in [-0.05, 0) is 54.8 Å². The molecule has 2 heterocycles. The Labute approximate surface area is 136 Å². The number of benzene rings is 2. The van der Waals surface area contributed by atoms with Gasteiger partial charge < -0.3 is 0 Å². The second-order valence-electron chi connectivity index (χ2n) is 6.16. The van der Waals surface area contributed by atoms with Crippen molar-refractivity contribution in [1.82, 2.24) is 4.98 Å². The van der Waals surface area contributed by atoms with Crippen LogP contribution in [0.15, 0.2) is 59.7 Å². The third-order valence-electron chi connectivity index (χ3n) is 4.25. The van der Waals surface area contributed by atoms with E-state index in [0.717, 1.165) is 12.2 Å². The molecule has 0 radical (unpaired) electrons. The highest BCUT2D eigenvalue weighted by Crippen LogP contribution is 2.32. The summed E-state index contributed by atoms with van der Waals surface area (Å²) in [6, 6.07) is 17.3. The summed E-state index contributed by atoms with van der Waals surface area (Å²) >= 11 is 0. The van der Waals surface area contributed by atoms with Gasteiger partial charge in [-0.3, -0.25) is 9.98 Å². The molecule has 0 unspecified atom stereocenters. The molecule has 0 atom stereocenters. The number of pyridine rings is 1. The molecule has 1 aliphatic heterocycles. The van der Waals surface area contributed by atoms with Gasteiger partial charge in [-0.2, -0.15) is 0 Å². The van der Waals surface area contributed by atoms with E-state index in [2.05, 4.69) is 66.3 Å². The first-order chi connectivity index (χ1) is 11.2. The molecular weight excluding hydrogens is 280 g/mol. The fourth-order valence-electron chi connectivity index (χ4n) is 3.25. The number of aromatic nitrogens is 1. The average molecular weight is 298 g/mol. The van der Waals surface area contributed by atoms with Crippen LogP contribution in [0.3, 0.4) is 0 Å². The summed E-state index contributed by atoms with van der Waals surface area (Å²) < 4.78 is 0. The normalized spacial score (nSPS) is 12.4. The van der Waals surface area contributed by atoms with Crippen LogP contribution in [0, 0.1) is 13.8 Å². The fourth-order valence-corrected chi connectivity index (χ4v) is 3.25. The molecule has 0 N–H and O–H groups in total. The summed E-state index contributed by atoms with van der Waals surface area (Å²) in [4.78, 5) is 9.02. The van der Waals surface area contributed by atoms with E-state index in [1.807, 2.05) is 18.5 Å². The Morgan fingerprint density at radius 2 is 1.70 bits per heavy atom. The van der Waals surface area contributed by atoms with E-state index >= 15 is 0 Å². The lowest BCUT2D eigenvalue weighted by atomic mass is 9.95. The Kier molecular flexibility index (Phi) is 3.30. The number of fused-ring (bicyclic) bond motifs is 1. The van der Waals surface area contributed by atoms with E-state index < -0.39 is 0 Å². The molecule has 112 valence electrons. The van der Waals surface area contributed by atoms with Gasteiger partial charge in [0.2, 0.25) is 0 Å². The zero-order valence-electron chi connectivity index (χ0n) is 13.4. The van der Waals surface area contributed by atoms with Gasteiger partial charge in [0.15, 0.2) is 0 Å². The van der Waals surface area contributed by atoms with Crippen LogP contribution in [0.4, 0.5) is 0 Å². The number of nitrogens with zero attached hydrogens (tertiary/aromatic N) is 2. The van der Waals surface area contributed by atoms with Crippen molar-refractivity contribution in [2.24, 2.45) is 4.99 Å². The smallest absolute Gasteiger partial charge is 0.0780 e. The van der Waals surface area contributed by atoms with Gasteiger partial charge in [-0.1, -0.05) is 35.4 Å². The number of hydrogen-bond acceptors (Lipinski definition) is 2. The summed E-state index contributed by atoms with van der Waals surface area (Å²) in [6.07, 6.45) is 3.83. The first-order valence-corrected chi connectivity index (χ1v) is 7.87. The predicted molar refractivity (Wildman–Crippen MR) is 95.9 cm³/mol. The molecule has 2 heteroatoms. The van der Waals surface area contributed by atoms with E-state index in [4.69, 9.17) is 0 Å². The van der Waals surface area contributed by atoms with Crippen LogP contribution in [-0.2, 0) is 6.54 Å². The molecule has 0 bridgehead atoms. The molecule has 1 aromatic heterocycles. The van der Waals surface area contributed by atoms with E-state index in [1.54, 1.807) is 0 Å². The summed E-state index contributed by atoms with van der Waals surface area (Å²) in [6.45, 7) is 5.06. The third kappa shape index (κ3) is 2.57. The summed E-state index contributed by atoms with van der Waals surface area (Å²) in [7, 11) is 0. The molecule has 0 spiro atoms. The van der Waals surface area contributed by atoms with E-state index in [-0.39, 0.29) is 0 Å². The first-order valence-electron chi connectivity index (χ1n) is 7.87. The van der Waals surface area contributed by atoms with E-state index in [0.29, 0.717) is 0 Å². The maximum atomic E-state index is 4.67. The van der Waals surface area contributed by atoms with Crippen molar-refractivity contribution in [1.29, 1.82) is 0 Å². The zero-order valence-corrected chi connectivity index (χ0v) is 13.4. The van der Waals surface area contributed by atoms with Crippen LogP contribution in [0.2, 0.25) is 0 Å². The van der Waals surface area contributed by atoms with Crippen LogP contribution in [0.1, 0.15) is 22.3 Å². The van der Waals surface area contributed by atoms with Gasteiger partial charge >= 0.3 is 0 Å². The predicted octanol–water partition coefficient (Wildman–Crippen LogP) is 4.96. The minimum atomic E-state index is 0.798. The maximum Gasteiger partial charge on any atom is 0.0780 e. The lowest BCUT2D eigenvalue weighted by molar-refractivity contribution is 1.11. The number of rotatable bonds is 2. The van der Waals surface area contributed by atoms with Crippen LogP contribution in [0.5, 0.6) is 0 Å². The fraction of sp³-hybridized carbons (Fsp3) is 0.143. The highest BCUT2D eigenvalue weighted by Gasteiger charge is 2.12. The second-order valence-corrected chi connectivity index (χ2v) is 6.16. The molecule has 3 aromatic rings. The largest absolute Gasteiger partial charge is 0.288 e. The number of hydrogen-bond donors (Lipinski definition) is 0. The first kappa shape index (κ1) is 13.9. The van der Waals surface area contributed by atoms with E-state index in [9.17, 15) is 0 Å². The molecule has 1 aliphatic rings. The quantitative estimate of drug-likeness (QED) is 0.656. The molecule has 4 rings (SSSR count). The highest BCUT2D eigenvalue weighted by molar-refractivity contribution is 5.89. The van der Waals surface area contributed by atoms with Crippen molar-refractivity contribution in [2.75, 3.05) is 0 Å². The Morgan fingerprint density at radius 1 is 0.870 bits per heavy atom. The van der Waals surface area contributed by atoms with Crippen LogP contribution < -0.4 is 0 Å². The van der Waals surface area contributed by atoms with Crippen molar-refractivity contribution in [3.63, 3.8) is 0 Å². The van der Waals surface area contributed by atoms with E-state index in [1.165, 1.54) is 38.9 Å². The third-order valence-corrected chi connectivity index (χ3v) is 4.25. The molecular formula is C21H18N2. The zero-order chi connectivity index (χ0) is 15.8. The minimum absolute atomic E-state index is 0.798. The number of aliphatic imine (C=N–C) groups is 1. The van der Waals surface area contributed by atoms with Crippen molar-refractivity contribution in [3.05, 3.63) is 77.0 Å². The van der Waals surface area contributed by atoms with Gasteiger partial charge in [0.25, 0.3) is 0 Å². The molecule has 0 aliphatic carbocycles. The SMILES string of the molecule is Cc1cc(C)cc(-c2ncccc2-c2ccc3c(c2)C=NC3)c1. The van der Waals surface area contributed by atoms with Crippen LogP contribution >= 0.6 is 0 Å². The summed E-state index contributed by atoms with van der Waals surface area (Å²) in [5.74, 6) is 0. The Balaban J connectivity index is 1.89. The lowest BCUT2D eigenvalue weighted by Gasteiger charge is -2.11. The molecule has 0 saturated heterocycles. The van der Waals surface area contributed by atoms with Crippen molar-refractivity contribution in [3.8, 4) is 22.4 Å². The van der Waals surface area contributed by atoms with Gasteiger partial charge in [0.05, 0.1) is 12.2 Å². The monoisotopic (exact) mass is 298 g/mol. The van der Waals surface area contributed by atoms with Crippen molar-refractivity contribution < 1.29 is 0 Å². The van der Waals surface area contributed by atoms with Gasteiger partial charge in [0, 0.05) is 23.5 Å². The lowest BCUT2D eigenvalue weighted by Crippen LogP contribution is -1.92. The average Bonchev–Trinajstić information content (AvgIpc) is 3.01. The highest BCUT2D eigenvalue weighted by atomic mass is 14.7. The Morgan fingerprint density at radius 3 is 2.52 bits per heavy atom. The topological polar surface area (TPSA) is 25.2 Å². The van der Waals surface area contributed by atoms with Gasteiger partial charge in [0.1, 0.15) is 0 Å². The molecule has 0 saturated carbocycles. The molecule has 2 nitrogen and oxygen atoms in total. The summed E-state index contributed by atoms with van der Waals surface area (Å²) in [5.41, 5.74) is 9.61. The van der Waals surface area contributed by atoms with Gasteiger partial charge in [-0.15, -0.1) is 0 Å². The van der Waals surface area contributed by atoms with Crippen LogP contribution in [-0.4, -0.2) is 11.2 Å². The van der Waals surface area contributed by atoms with Gasteiger partial charge in [-0.25, -0.2) is 0 Å². The summed E-state index contributed by atoms with van der Waals surface area (Å²) in [5, 5.41) is 0. The van der Waals surface area contributed by atoms with Crippen molar-refractivity contribution in [2.45, 2.75) is 20.4 Å². The maximum absolute atomic E-state index is 4.67. The van der Waals surface area contributed by atoms with Crippen LogP contribution in [0.25, 0.3) is 22.4 Å². The molecule has 0 amide bonds. The van der Waals surface area contributed by atoms with Crippen molar-refractivity contribution >= 4 is 6.21 Å². The Bertz CT molecular complexity index is 903. The Hall–Kier alpha value is -2.74. The standard InChI is InChI=1S/C21H18N2/c1-14-8-15(2)10-18(9-14)21-20(4-3-7-23-21)16-5-6-17-12-22-13-19(17)11-16/h3-11,13H,12H2,1-2H3. The number of aryl methyl sites for hydroxylation is 2. The molecule has 0 fully saturated rings. The molecule has 2 aromatic carbocycles.